The maximum Gasteiger partial charge on any atom is 0.146 e. The Morgan fingerprint density at radius 3 is 2.00 bits per heavy atom. The van der Waals surface area contributed by atoms with Crippen molar-refractivity contribution in [2.45, 2.75) is 115 Å². The van der Waals surface area contributed by atoms with E-state index in [0.717, 1.165) is 30.6 Å². The highest BCUT2D eigenvalue weighted by Gasteiger charge is 2.41. The normalized spacial score (nSPS) is 17.7. The van der Waals surface area contributed by atoms with Gasteiger partial charge in [0.2, 0.25) is 0 Å². The fraction of sp³-hybridized carbons (Fsp3) is 0.594. The maximum absolute atomic E-state index is 12.2. The second-order valence-electron chi connectivity index (χ2n) is 10.4. The number of hydrogen-bond acceptors (Lipinski definition) is 4. The Balaban J connectivity index is 1.29. The number of carbonyl (C=O) groups excluding carboxylic acids is 1. The fourth-order valence-corrected chi connectivity index (χ4v) is 6.25. The standard InChI is InChI=1S/C32H47NO2S/c1-2-3-4-5-6-7-8-9-10-11-12-13-14-15-25-35-29-21-19-28(20-22-29)31(30-18-16-26-36-30)32(27-34)23-17-24-33-32/h16-22,24,26-27,31,33H,2-15,23,25H2,1H3. The van der Waals surface area contributed by atoms with E-state index in [0.29, 0.717) is 6.42 Å². The van der Waals surface area contributed by atoms with Crippen LogP contribution in [-0.4, -0.2) is 18.4 Å². The summed E-state index contributed by atoms with van der Waals surface area (Å²) in [7, 11) is 0. The Bertz CT molecular complexity index is 851. The van der Waals surface area contributed by atoms with Crippen LogP contribution in [0, 0.1) is 0 Å². The lowest BCUT2D eigenvalue weighted by molar-refractivity contribution is -0.113. The zero-order chi connectivity index (χ0) is 25.3. The molecular formula is C32H47NO2S. The molecule has 2 aromatic rings. The highest BCUT2D eigenvalue weighted by molar-refractivity contribution is 7.10. The summed E-state index contributed by atoms with van der Waals surface area (Å²) >= 11 is 1.71. The molecule has 2 unspecified atom stereocenters. The number of nitrogens with one attached hydrogen (secondary N) is 1. The summed E-state index contributed by atoms with van der Waals surface area (Å²) in [5.74, 6) is 0.904. The summed E-state index contributed by atoms with van der Waals surface area (Å²) < 4.78 is 6.02. The van der Waals surface area contributed by atoms with Crippen molar-refractivity contribution in [3.8, 4) is 5.75 Å². The van der Waals surface area contributed by atoms with Crippen molar-refractivity contribution in [1.82, 2.24) is 5.32 Å². The molecule has 1 aromatic carbocycles. The number of ether oxygens (including phenoxy) is 1. The molecule has 3 nitrogen and oxygen atoms in total. The van der Waals surface area contributed by atoms with Crippen molar-refractivity contribution in [3.63, 3.8) is 0 Å². The molecular weight excluding hydrogens is 462 g/mol. The predicted molar refractivity (Wildman–Crippen MR) is 154 cm³/mol. The Morgan fingerprint density at radius 2 is 1.50 bits per heavy atom. The van der Waals surface area contributed by atoms with Gasteiger partial charge >= 0.3 is 0 Å². The quantitative estimate of drug-likeness (QED) is 0.143. The number of thiophene rings is 1. The van der Waals surface area contributed by atoms with E-state index in [1.165, 1.54) is 88.3 Å². The molecule has 0 radical (unpaired) electrons. The second kappa shape index (κ2) is 16.6. The zero-order valence-corrected chi connectivity index (χ0v) is 23.2. The molecule has 0 saturated heterocycles. The fourth-order valence-electron chi connectivity index (χ4n) is 5.29. The summed E-state index contributed by atoms with van der Waals surface area (Å²) in [4.78, 5) is 13.4. The Hall–Kier alpha value is -2.07. The van der Waals surface area contributed by atoms with Crippen LogP contribution in [-0.2, 0) is 4.79 Å². The van der Waals surface area contributed by atoms with Gasteiger partial charge < -0.3 is 14.8 Å². The molecule has 1 N–H and O–H groups in total. The average molecular weight is 510 g/mol. The Morgan fingerprint density at radius 1 is 0.889 bits per heavy atom. The van der Waals surface area contributed by atoms with E-state index >= 15 is 0 Å². The highest BCUT2D eigenvalue weighted by atomic mass is 32.1. The third-order valence-corrected chi connectivity index (χ3v) is 8.40. The summed E-state index contributed by atoms with van der Waals surface area (Å²) in [5.41, 5.74) is 0.533. The molecule has 1 aromatic heterocycles. The van der Waals surface area contributed by atoms with Crippen LogP contribution in [0.5, 0.6) is 5.75 Å². The second-order valence-corrected chi connectivity index (χ2v) is 11.4. The van der Waals surface area contributed by atoms with Gasteiger partial charge in [0.15, 0.2) is 0 Å². The van der Waals surface area contributed by atoms with Crippen molar-refractivity contribution >= 4 is 17.6 Å². The summed E-state index contributed by atoms with van der Waals surface area (Å²) in [5, 5.41) is 5.41. The SMILES string of the molecule is CCCCCCCCCCCCCCCCOc1ccc(C(c2cccs2)C2(C=O)CC=CN2)cc1. The lowest BCUT2D eigenvalue weighted by Gasteiger charge is -2.33. The van der Waals surface area contributed by atoms with Gasteiger partial charge in [0.1, 0.15) is 17.6 Å². The van der Waals surface area contributed by atoms with Crippen molar-refractivity contribution in [2.75, 3.05) is 6.61 Å². The number of carbonyl (C=O) groups is 1. The van der Waals surface area contributed by atoms with E-state index < -0.39 is 5.54 Å². The predicted octanol–water partition coefficient (Wildman–Crippen LogP) is 9.18. The summed E-state index contributed by atoms with van der Waals surface area (Å²) in [6.07, 6.45) is 24.9. The van der Waals surface area contributed by atoms with Gasteiger partial charge in [-0.05, 0) is 48.2 Å². The molecule has 36 heavy (non-hydrogen) atoms. The zero-order valence-electron chi connectivity index (χ0n) is 22.4. The number of aldehydes is 1. The van der Waals surface area contributed by atoms with Crippen molar-refractivity contribution in [2.24, 2.45) is 0 Å². The molecule has 2 atom stereocenters. The lowest BCUT2D eigenvalue weighted by atomic mass is 9.78. The van der Waals surface area contributed by atoms with Crippen LogP contribution in [0.1, 0.15) is 120 Å². The third-order valence-electron chi connectivity index (χ3n) is 7.46. The highest BCUT2D eigenvalue weighted by Crippen LogP contribution is 2.40. The van der Waals surface area contributed by atoms with E-state index in [4.69, 9.17) is 4.74 Å². The Kier molecular flexibility index (Phi) is 13.2. The number of benzene rings is 1. The van der Waals surface area contributed by atoms with Crippen molar-refractivity contribution < 1.29 is 9.53 Å². The Labute approximate surface area is 223 Å². The third kappa shape index (κ3) is 9.10. The van der Waals surface area contributed by atoms with Gasteiger partial charge in [-0.25, -0.2) is 0 Å². The smallest absolute Gasteiger partial charge is 0.146 e. The van der Waals surface area contributed by atoms with E-state index in [2.05, 4.69) is 54.0 Å². The van der Waals surface area contributed by atoms with Crippen LogP contribution >= 0.6 is 11.3 Å². The van der Waals surface area contributed by atoms with Crippen molar-refractivity contribution in [3.05, 3.63) is 64.5 Å². The van der Waals surface area contributed by atoms with Gasteiger partial charge in [0.05, 0.1) is 6.61 Å². The van der Waals surface area contributed by atoms with Crippen LogP contribution in [0.3, 0.4) is 0 Å². The van der Waals surface area contributed by atoms with E-state index in [-0.39, 0.29) is 5.92 Å². The molecule has 4 heteroatoms. The number of rotatable bonds is 20. The van der Waals surface area contributed by atoms with Gasteiger partial charge in [0.25, 0.3) is 0 Å². The average Bonchev–Trinajstić information content (AvgIpc) is 3.61. The van der Waals surface area contributed by atoms with Crippen LogP contribution < -0.4 is 10.1 Å². The largest absolute Gasteiger partial charge is 0.494 e. The number of hydrogen-bond donors (Lipinski definition) is 1. The first-order valence-corrected chi connectivity index (χ1v) is 15.3. The van der Waals surface area contributed by atoms with Crippen molar-refractivity contribution in [1.29, 1.82) is 0 Å². The maximum atomic E-state index is 12.2. The molecule has 0 fully saturated rings. The van der Waals surface area contributed by atoms with Gasteiger partial charge in [-0.3, -0.25) is 0 Å². The molecule has 2 heterocycles. The molecule has 0 spiro atoms. The molecule has 198 valence electrons. The topological polar surface area (TPSA) is 38.3 Å². The molecule has 1 aliphatic rings. The van der Waals surface area contributed by atoms with Crippen LogP contribution in [0.2, 0.25) is 0 Å². The van der Waals surface area contributed by atoms with E-state index in [1.807, 2.05) is 12.3 Å². The van der Waals surface area contributed by atoms with Gasteiger partial charge in [-0.1, -0.05) is 115 Å². The van der Waals surface area contributed by atoms with E-state index in [9.17, 15) is 4.79 Å². The molecule has 0 saturated carbocycles. The van der Waals surface area contributed by atoms with E-state index in [1.54, 1.807) is 11.3 Å². The van der Waals surface area contributed by atoms with Crippen LogP contribution in [0.4, 0.5) is 0 Å². The monoisotopic (exact) mass is 509 g/mol. The van der Waals surface area contributed by atoms with Crippen LogP contribution in [0.15, 0.2) is 54.1 Å². The van der Waals surface area contributed by atoms with Gasteiger partial charge in [-0.15, -0.1) is 11.3 Å². The number of unbranched alkanes of at least 4 members (excludes halogenated alkanes) is 13. The van der Waals surface area contributed by atoms with Gasteiger partial charge in [-0.2, -0.15) is 0 Å². The first-order chi connectivity index (χ1) is 17.8. The minimum atomic E-state index is -0.610. The lowest BCUT2D eigenvalue weighted by Crippen LogP contribution is -2.46. The molecule has 0 aliphatic carbocycles. The molecule has 1 aliphatic heterocycles. The molecule has 0 amide bonds. The first kappa shape index (κ1) is 28.5. The molecule has 3 rings (SSSR count). The van der Waals surface area contributed by atoms with Gasteiger partial charge in [0, 0.05) is 10.8 Å². The molecule has 0 bridgehead atoms. The summed E-state index contributed by atoms with van der Waals surface area (Å²) in [6, 6.07) is 12.5. The first-order valence-electron chi connectivity index (χ1n) is 14.4. The minimum absolute atomic E-state index is 0.00940. The minimum Gasteiger partial charge on any atom is -0.494 e. The summed E-state index contributed by atoms with van der Waals surface area (Å²) in [6.45, 7) is 3.06. The van der Waals surface area contributed by atoms with Crippen LogP contribution in [0.25, 0.3) is 0 Å².